The van der Waals surface area contributed by atoms with E-state index in [9.17, 15) is 0 Å². The number of rotatable bonds is 1. The van der Waals surface area contributed by atoms with Crippen LogP contribution in [0.1, 0.15) is 0 Å². The lowest BCUT2D eigenvalue weighted by Gasteiger charge is -2.22. The van der Waals surface area contributed by atoms with E-state index in [0.717, 1.165) is 5.71 Å². The van der Waals surface area contributed by atoms with Gasteiger partial charge in [-0.05, 0) is 12.2 Å². The second-order valence-electron chi connectivity index (χ2n) is 3.89. The Morgan fingerprint density at radius 2 is 2.33 bits per heavy atom. The lowest BCUT2D eigenvalue weighted by atomic mass is 9.88. The molecular weight excluding hydrogens is 188 g/mol. The van der Waals surface area contributed by atoms with Gasteiger partial charge in [-0.1, -0.05) is 18.2 Å². The zero-order valence-corrected chi connectivity index (χ0v) is 8.08. The van der Waals surface area contributed by atoms with Crippen LogP contribution in [0.2, 0.25) is 0 Å². The molecule has 0 saturated carbocycles. The first-order chi connectivity index (χ1) is 7.38. The molecule has 0 N–H and O–H groups in total. The van der Waals surface area contributed by atoms with Crippen LogP contribution in [0.5, 0.6) is 0 Å². The number of ether oxygens (including phenoxy) is 1. The minimum atomic E-state index is 0.211. The summed E-state index contributed by atoms with van der Waals surface area (Å²) in [6.07, 6.45) is 12.1. The summed E-state index contributed by atoms with van der Waals surface area (Å²) in [6, 6.07) is 2.18. The molecule has 4 unspecified atom stereocenters. The Morgan fingerprint density at radius 1 is 1.40 bits per heavy atom. The van der Waals surface area contributed by atoms with Crippen LogP contribution < -0.4 is 0 Å². The van der Waals surface area contributed by atoms with Gasteiger partial charge in [0.1, 0.15) is 12.2 Å². The maximum absolute atomic E-state index is 8.44. The van der Waals surface area contributed by atoms with Crippen LogP contribution >= 0.6 is 0 Å². The Kier molecular flexibility index (Phi) is 1.83. The van der Waals surface area contributed by atoms with Crippen LogP contribution in [0.15, 0.2) is 41.4 Å². The van der Waals surface area contributed by atoms with Gasteiger partial charge in [-0.2, -0.15) is 5.26 Å². The molecule has 3 rings (SSSR count). The molecule has 15 heavy (non-hydrogen) atoms. The molecule has 2 heterocycles. The summed E-state index contributed by atoms with van der Waals surface area (Å²) in [5, 5.41) is 8.44. The van der Waals surface area contributed by atoms with Crippen molar-refractivity contribution in [1.29, 1.82) is 5.26 Å². The van der Waals surface area contributed by atoms with Crippen molar-refractivity contribution in [2.75, 3.05) is 0 Å². The van der Waals surface area contributed by atoms with E-state index in [1.165, 1.54) is 6.08 Å². The first-order valence-corrected chi connectivity index (χ1v) is 5.04. The highest BCUT2D eigenvalue weighted by molar-refractivity contribution is 6.05. The Hall–Kier alpha value is -1.66. The number of dihydropyridines is 1. The largest absolute Gasteiger partial charge is 0.363 e. The van der Waals surface area contributed by atoms with E-state index in [1.807, 2.05) is 12.1 Å². The zero-order chi connectivity index (χ0) is 10.3. The van der Waals surface area contributed by atoms with Gasteiger partial charge >= 0.3 is 0 Å². The van der Waals surface area contributed by atoms with Gasteiger partial charge in [-0.25, -0.2) is 0 Å². The molecule has 0 spiro atoms. The molecule has 0 amide bonds. The molecule has 0 aromatic carbocycles. The predicted molar refractivity (Wildman–Crippen MR) is 56.4 cm³/mol. The van der Waals surface area contributed by atoms with Crippen molar-refractivity contribution < 1.29 is 4.74 Å². The normalized spacial score (nSPS) is 40.6. The summed E-state index contributed by atoms with van der Waals surface area (Å²) >= 11 is 0. The van der Waals surface area contributed by atoms with Crippen LogP contribution in [0, 0.1) is 17.2 Å². The third-order valence-electron chi connectivity index (χ3n) is 2.93. The Labute approximate surface area is 88.1 Å². The predicted octanol–water partition coefficient (Wildman–Crippen LogP) is 1.40. The molecule has 1 fully saturated rings. The molecule has 0 aromatic heterocycles. The summed E-state index contributed by atoms with van der Waals surface area (Å²) in [7, 11) is 0. The van der Waals surface area contributed by atoms with Crippen LogP contribution in [-0.4, -0.2) is 24.0 Å². The summed E-state index contributed by atoms with van der Waals surface area (Å²) < 4.78 is 5.48. The molecule has 0 radical (unpaired) electrons. The average Bonchev–Trinajstić information content (AvgIpc) is 3.05. The fraction of sp³-hybridized carbons (Fsp3) is 0.333. The van der Waals surface area contributed by atoms with E-state index in [1.54, 1.807) is 6.08 Å². The molecule has 1 aliphatic carbocycles. The summed E-state index contributed by atoms with van der Waals surface area (Å²) in [5.41, 5.74) is 0.863. The SMILES string of the molecule is N#C/C=C/C1=NC2C(C=C1)C=CC1OC12. The molecule has 1 saturated heterocycles. The fourth-order valence-electron chi connectivity index (χ4n) is 2.12. The zero-order valence-electron chi connectivity index (χ0n) is 8.08. The van der Waals surface area contributed by atoms with E-state index in [2.05, 4.69) is 23.2 Å². The molecule has 74 valence electrons. The van der Waals surface area contributed by atoms with E-state index >= 15 is 0 Å². The average molecular weight is 198 g/mol. The lowest BCUT2D eigenvalue weighted by molar-refractivity contribution is 0.352. The van der Waals surface area contributed by atoms with E-state index in [0.29, 0.717) is 5.92 Å². The quantitative estimate of drug-likeness (QED) is 0.363. The first kappa shape index (κ1) is 8.63. The number of aliphatic imine (C=N–C) groups is 1. The van der Waals surface area contributed by atoms with E-state index in [4.69, 9.17) is 10.00 Å². The van der Waals surface area contributed by atoms with E-state index < -0.39 is 0 Å². The smallest absolute Gasteiger partial charge is 0.111 e. The van der Waals surface area contributed by atoms with Crippen LogP contribution in [0.25, 0.3) is 0 Å². The monoisotopic (exact) mass is 198 g/mol. The fourth-order valence-corrected chi connectivity index (χ4v) is 2.12. The highest BCUT2D eigenvalue weighted by atomic mass is 16.6. The number of hydrogen-bond acceptors (Lipinski definition) is 3. The molecule has 4 atom stereocenters. The van der Waals surface area contributed by atoms with Crippen molar-refractivity contribution in [2.24, 2.45) is 10.9 Å². The van der Waals surface area contributed by atoms with Crippen molar-refractivity contribution >= 4 is 5.71 Å². The molecule has 3 aliphatic rings. The van der Waals surface area contributed by atoms with Crippen molar-refractivity contribution in [3.8, 4) is 6.07 Å². The number of nitrogens with zero attached hydrogens (tertiary/aromatic N) is 2. The molecule has 0 bridgehead atoms. The van der Waals surface area contributed by atoms with Crippen LogP contribution in [0.3, 0.4) is 0 Å². The Balaban J connectivity index is 1.86. The van der Waals surface area contributed by atoms with Crippen LogP contribution in [-0.2, 0) is 4.74 Å². The van der Waals surface area contributed by atoms with Gasteiger partial charge < -0.3 is 4.74 Å². The second-order valence-corrected chi connectivity index (χ2v) is 3.89. The van der Waals surface area contributed by atoms with Gasteiger partial charge in [-0.15, -0.1) is 0 Å². The van der Waals surface area contributed by atoms with Crippen molar-refractivity contribution in [2.45, 2.75) is 18.2 Å². The number of epoxide rings is 1. The maximum Gasteiger partial charge on any atom is 0.111 e. The first-order valence-electron chi connectivity index (χ1n) is 5.04. The van der Waals surface area contributed by atoms with Gasteiger partial charge in [0.2, 0.25) is 0 Å². The Morgan fingerprint density at radius 3 is 3.20 bits per heavy atom. The molecule has 3 nitrogen and oxygen atoms in total. The third-order valence-corrected chi connectivity index (χ3v) is 2.93. The summed E-state index contributed by atoms with van der Waals surface area (Å²) in [6.45, 7) is 0. The van der Waals surface area contributed by atoms with Crippen molar-refractivity contribution in [3.05, 3.63) is 36.5 Å². The van der Waals surface area contributed by atoms with Crippen LogP contribution in [0.4, 0.5) is 0 Å². The highest BCUT2D eigenvalue weighted by Crippen LogP contribution is 2.38. The van der Waals surface area contributed by atoms with Gasteiger partial charge in [0.25, 0.3) is 0 Å². The van der Waals surface area contributed by atoms with Gasteiger partial charge in [-0.3, -0.25) is 4.99 Å². The topological polar surface area (TPSA) is 48.7 Å². The van der Waals surface area contributed by atoms with Crippen molar-refractivity contribution in [3.63, 3.8) is 0 Å². The minimum Gasteiger partial charge on any atom is -0.363 e. The third kappa shape index (κ3) is 1.43. The number of allylic oxidation sites excluding steroid dienone is 3. The second kappa shape index (κ2) is 3.18. The number of nitriles is 1. The maximum atomic E-state index is 8.44. The lowest BCUT2D eigenvalue weighted by Crippen LogP contribution is -2.29. The van der Waals surface area contributed by atoms with Gasteiger partial charge in [0.15, 0.2) is 0 Å². The summed E-state index contributed by atoms with van der Waals surface area (Å²) in [5.74, 6) is 0.369. The molecule has 3 heteroatoms. The van der Waals surface area contributed by atoms with E-state index in [-0.39, 0.29) is 18.2 Å². The number of hydrogen-bond donors (Lipinski definition) is 0. The highest BCUT2D eigenvalue weighted by Gasteiger charge is 2.48. The standard InChI is InChI=1S/C12H10N2O/c13-7-1-2-9-5-3-8-4-6-10-12(15-10)11(8)14-9/h1-6,8,10-12H/b2-1+. The Bertz CT molecular complexity index is 439. The molecular formula is C12H10N2O. The molecule has 0 aromatic rings. The number of fused-ring (bicyclic) bond motifs is 3. The van der Waals surface area contributed by atoms with Crippen molar-refractivity contribution in [1.82, 2.24) is 0 Å². The van der Waals surface area contributed by atoms with Gasteiger partial charge in [0, 0.05) is 12.0 Å². The summed E-state index contributed by atoms with van der Waals surface area (Å²) in [4.78, 5) is 4.58. The van der Waals surface area contributed by atoms with Gasteiger partial charge in [0.05, 0.1) is 17.8 Å². The molecule has 2 aliphatic heterocycles. The minimum absolute atomic E-state index is 0.211.